The maximum Gasteiger partial charge on any atom is 0.410 e. The lowest BCUT2D eigenvalue weighted by Gasteiger charge is -2.26. The maximum absolute atomic E-state index is 12.6. The number of rotatable bonds is 6. The second-order valence-corrected chi connectivity index (χ2v) is 13.0. The Kier molecular flexibility index (Phi) is 9.71. The van der Waals surface area contributed by atoms with Crippen molar-refractivity contribution in [2.45, 2.75) is 58.0 Å². The van der Waals surface area contributed by atoms with Crippen LogP contribution in [-0.2, 0) is 11.2 Å². The standard InChI is InChI=1S/C29H38N8O2S2/c1-29(2,3)39-28(38)37-13-7-12-36(14-15-37)27-32-11-10-22(34-27)21(31)16-23(40)19-8-6-9-24-25(19)20(17-30)26(41-24)33-18-35(4)5/h10-11,16,18-19,31,40H,6-9,12-15H2,1-5H3/b23-16-,31-21?,33-18+/t19-/m1/s1. The van der Waals surface area contributed by atoms with Gasteiger partial charge in [0, 0.05) is 57.3 Å². The first-order chi connectivity index (χ1) is 19.5. The van der Waals surface area contributed by atoms with Crippen LogP contribution in [-0.4, -0.2) is 83.8 Å². The zero-order valence-electron chi connectivity index (χ0n) is 24.3. The number of ether oxygens (including phenoxy) is 1. The third kappa shape index (κ3) is 7.65. The molecule has 1 N–H and O–H groups in total. The van der Waals surface area contributed by atoms with Crippen molar-refractivity contribution in [1.82, 2.24) is 19.8 Å². The summed E-state index contributed by atoms with van der Waals surface area (Å²) < 4.78 is 5.54. The summed E-state index contributed by atoms with van der Waals surface area (Å²) in [5.74, 6) is 0.461. The number of thiophene rings is 1. The van der Waals surface area contributed by atoms with E-state index in [9.17, 15) is 10.1 Å². The highest BCUT2D eigenvalue weighted by Crippen LogP contribution is 2.47. The second kappa shape index (κ2) is 13.0. The smallest absolute Gasteiger partial charge is 0.410 e. The number of anilines is 1. The van der Waals surface area contributed by atoms with Crippen LogP contribution in [0.25, 0.3) is 0 Å². The van der Waals surface area contributed by atoms with Gasteiger partial charge in [-0.05, 0) is 69.1 Å². The molecule has 0 unspecified atom stereocenters. The second-order valence-electron chi connectivity index (χ2n) is 11.4. The number of aromatic nitrogens is 2. The summed E-state index contributed by atoms with van der Waals surface area (Å²) in [4.78, 5) is 33.8. The molecule has 218 valence electrons. The fourth-order valence-electron chi connectivity index (χ4n) is 4.90. The monoisotopic (exact) mass is 594 g/mol. The summed E-state index contributed by atoms with van der Waals surface area (Å²) in [5, 5.41) is 19.5. The van der Waals surface area contributed by atoms with Crippen LogP contribution in [0, 0.1) is 16.7 Å². The zero-order chi connectivity index (χ0) is 29.7. The molecule has 1 atom stereocenters. The van der Waals surface area contributed by atoms with Gasteiger partial charge in [0.2, 0.25) is 5.95 Å². The molecule has 1 fully saturated rings. The molecule has 3 heterocycles. The van der Waals surface area contributed by atoms with Gasteiger partial charge in [-0.3, -0.25) is 5.41 Å². The molecular formula is C29H38N8O2S2. The Morgan fingerprint density at radius 1 is 1.29 bits per heavy atom. The van der Waals surface area contributed by atoms with Crippen molar-refractivity contribution in [3.05, 3.63) is 44.9 Å². The summed E-state index contributed by atoms with van der Waals surface area (Å²) in [6.07, 6.45) is 8.32. The Morgan fingerprint density at radius 3 is 2.78 bits per heavy atom. The molecule has 0 bridgehead atoms. The average molecular weight is 595 g/mol. The molecule has 1 saturated heterocycles. The molecule has 2 aromatic heterocycles. The topological polar surface area (TPSA) is 122 Å². The number of hydrogen-bond acceptors (Lipinski definition) is 10. The van der Waals surface area contributed by atoms with E-state index in [-0.39, 0.29) is 17.7 Å². The first kappa shape index (κ1) is 30.5. The average Bonchev–Trinajstić information content (AvgIpc) is 3.09. The molecule has 10 nitrogen and oxygen atoms in total. The molecule has 1 aliphatic heterocycles. The molecular weight excluding hydrogens is 557 g/mol. The number of aliphatic imine (C=N–C) groups is 1. The van der Waals surface area contributed by atoms with Crippen LogP contribution in [0.4, 0.5) is 15.7 Å². The number of thiol groups is 1. The lowest BCUT2D eigenvalue weighted by molar-refractivity contribution is 0.0263. The van der Waals surface area contributed by atoms with E-state index in [0.29, 0.717) is 43.4 Å². The van der Waals surface area contributed by atoms with Crippen molar-refractivity contribution in [3.8, 4) is 6.07 Å². The van der Waals surface area contributed by atoms with Gasteiger partial charge in [0.1, 0.15) is 16.7 Å². The van der Waals surface area contributed by atoms with Crippen LogP contribution < -0.4 is 4.90 Å². The van der Waals surface area contributed by atoms with Gasteiger partial charge in [-0.25, -0.2) is 19.8 Å². The van der Waals surface area contributed by atoms with Crippen LogP contribution in [0.1, 0.15) is 67.6 Å². The number of allylic oxidation sites excluding steroid dienone is 2. The highest BCUT2D eigenvalue weighted by molar-refractivity contribution is 7.84. The van der Waals surface area contributed by atoms with E-state index in [1.165, 1.54) is 4.88 Å². The summed E-state index contributed by atoms with van der Waals surface area (Å²) in [7, 11) is 3.80. The van der Waals surface area contributed by atoms with Crippen LogP contribution >= 0.6 is 24.0 Å². The van der Waals surface area contributed by atoms with E-state index in [2.05, 4.69) is 16.0 Å². The number of nitriles is 1. The van der Waals surface area contributed by atoms with Crippen molar-refractivity contribution in [1.29, 1.82) is 10.7 Å². The van der Waals surface area contributed by atoms with Crippen LogP contribution in [0.15, 0.2) is 28.2 Å². The fraction of sp³-hybridized carbons (Fsp3) is 0.517. The normalized spacial score (nSPS) is 18.1. The Balaban J connectivity index is 1.50. The molecule has 0 aromatic carbocycles. The summed E-state index contributed by atoms with van der Waals surface area (Å²) in [6.45, 7) is 7.97. The molecule has 41 heavy (non-hydrogen) atoms. The van der Waals surface area contributed by atoms with Crippen molar-refractivity contribution in [3.63, 3.8) is 0 Å². The Hall–Kier alpha value is -3.43. The highest BCUT2D eigenvalue weighted by atomic mass is 32.1. The van der Waals surface area contributed by atoms with Crippen molar-refractivity contribution < 1.29 is 9.53 Å². The van der Waals surface area contributed by atoms with Crippen LogP contribution in [0.3, 0.4) is 0 Å². The lowest BCUT2D eigenvalue weighted by atomic mass is 9.84. The zero-order valence-corrected chi connectivity index (χ0v) is 26.1. The molecule has 4 rings (SSSR count). The third-order valence-corrected chi connectivity index (χ3v) is 8.38. The van der Waals surface area contributed by atoms with Crippen LogP contribution in [0.5, 0.6) is 0 Å². The maximum atomic E-state index is 12.6. The Labute approximate surface area is 251 Å². The van der Waals surface area contributed by atoms with Crippen molar-refractivity contribution in [2.24, 2.45) is 4.99 Å². The number of nitrogens with zero attached hydrogens (tertiary/aromatic N) is 7. The predicted octanol–water partition coefficient (Wildman–Crippen LogP) is 5.38. The number of nitrogens with one attached hydrogen (secondary N) is 1. The van der Waals surface area contributed by atoms with E-state index in [1.807, 2.05) is 44.7 Å². The number of carbonyl (C=O) groups is 1. The number of amides is 1. The largest absolute Gasteiger partial charge is 0.444 e. The van der Waals surface area contributed by atoms with Gasteiger partial charge in [-0.15, -0.1) is 24.0 Å². The lowest BCUT2D eigenvalue weighted by Crippen LogP contribution is -2.39. The van der Waals surface area contributed by atoms with Gasteiger partial charge in [0.15, 0.2) is 0 Å². The highest BCUT2D eigenvalue weighted by Gasteiger charge is 2.30. The first-order valence-electron chi connectivity index (χ1n) is 13.8. The quantitative estimate of drug-likeness (QED) is 0.262. The molecule has 0 radical (unpaired) electrons. The number of carbonyl (C=O) groups excluding carboxylic acids is 1. The van der Waals surface area contributed by atoms with Gasteiger partial charge in [-0.1, -0.05) is 0 Å². The number of aryl methyl sites for hydroxylation is 1. The summed E-state index contributed by atoms with van der Waals surface area (Å²) in [6, 6.07) is 4.09. The van der Waals surface area contributed by atoms with E-state index >= 15 is 0 Å². The van der Waals surface area contributed by atoms with Gasteiger partial charge < -0.3 is 19.4 Å². The fourth-order valence-corrected chi connectivity index (χ4v) is 6.48. The Bertz CT molecular complexity index is 1390. The van der Waals surface area contributed by atoms with Crippen LogP contribution in [0.2, 0.25) is 0 Å². The number of hydrogen-bond donors (Lipinski definition) is 2. The van der Waals surface area contributed by atoms with E-state index < -0.39 is 5.60 Å². The van der Waals surface area contributed by atoms with Gasteiger partial charge in [-0.2, -0.15) is 5.26 Å². The molecule has 12 heteroatoms. The predicted molar refractivity (Wildman–Crippen MR) is 167 cm³/mol. The first-order valence-corrected chi connectivity index (χ1v) is 15.0. The van der Waals surface area contributed by atoms with E-state index in [4.69, 9.17) is 27.8 Å². The Morgan fingerprint density at radius 2 is 2.07 bits per heavy atom. The van der Waals surface area contributed by atoms with Crippen molar-refractivity contribution in [2.75, 3.05) is 45.2 Å². The minimum absolute atomic E-state index is 0.0672. The molecule has 1 amide bonds. The minimum atomic E-state index is -0.540. The molecule has 2 aliphatic rings. The number of fused-ring (bicyclic) bond motifs is 1. The molecule has 0 spiro atoms. The SMILES string of the molecule is CN(C)/C=N/c1sc2c(c1C#N)[C@@H](/C(S)=C/C(=N)c1ccnc(N3CCCN(C(=O)OC(C)(C)C)CC3)n1)CCC2. The third-order valence-electron chi connectivity index (χ3n) is 6.76. The van der Waals surface area contributed by atoms with Gasteiger partial charge in [0.25, 0.3) is 0 Å². The molecule has 0 saturated carbocycles. The minimum Gasteiger partial charge on any atom is -0.444 e. The van der Waals surface area contributed by atoms with Gasteiger partial charge >= 0.3 is 6.09 Å². The molecule has 2 aromatic rings. The van der Waals surface area contributed by atoms with Crippen molar-refractivity contribution >= 4 is 53.1 Å². The van der Waals surface area contributed by atoms with E-state index in [0.717, 1.165) is 41.2 Å². The summed E-state index contributed by atoms with van der Waals surface area (Å²) in [5.41, 5.74) is 1.78. The van der Waals surface area contributed by atoms with E-state index in [1.54, 1.807) is 40.9 Å². The van der Waals surface area contributed by atoms with Gasteiger partial charge in [0.05, 0.1) is 23.3 Å². The molecule has 1 aliphatic carbocycles. The summed E-state index contributed by atoms with van der Waals surface area (Å²) >= 11 is 6.40.